The van der Waals surface area contributed by atoms with Crippen molar-refractivity contribution < 1.29 is 23.5 Å². The number of aryl methyl sites for hydroxylation is 1. The zero-order chi connectivity index (χ0) is 22.0. The SMILES string of the molecule is CCOC(=O)C1(c2ccccc2)CCN(C(=O)c2c(C)oc3ccc(OC)cc23)CC1. The average Bonchev–Trinajstić information content (AvgIpc) is 3.14. The summed E-state index contributed by atoms with van der Waals surface area (Å²) in [5, 5.41) is 0.743. The van der Waals surface area contributed by atoms with Gasteiger partial charge in [-0.15, -0.1) is 0 Å². The van der Waals surface area contributed by atoms with Gasteiger partial charge < -0.3 is 18.8 Å². The van der Waals surface area contributed by atoms with E-state index in [1.54, 1.807) is 18.9 Å². The molecule has 0 bridgehead atoms. The van der Waals surface area contributed by atoms with Crippen molar-refractivity contribution in [1.82, 2.24) is 4.90 Å². The van der Waals surface area contributed by atoms with Crippen molar-refractivity contribution in [3.05, 3.63) is 65.4 Å². The van der Waals surface area contributed by atoms with Crippen LogP contribution in [-0.4, -0.2) is 43.6 Å². The second-order valence-electron chi connectivity index (χ2n) is 7.86. The topological polar surface area (TPSA) is 69.0 Å². The van der Waals surface area contributed by atoms with E-state index in [0.29, 0.717) is 55.2 Å². The van der Waals surface area contributed by atoms with Crippen LogP contribution in [-0.2, 0) is 14.9 Å². The van der Waals surface area contributed by atoms with Gasteiger partial charge in [0.05, 0.1) is 24.7 Å². The number of amides is 1. The van der Waals surface area contributed by atoms with Crippen molar-refractivity contribution in [2.24, 2.45) is 0 Å². The molecule has 1 aliphatic heterocycles. The highest BCUT2D eigenvalue weighted by Crippen LogP contribution is 2.38. The highest BCUT2D eigenvalue weighted by atomic mass is 16.5. The van der Waals surface area contributed by atoms with Gasteiger partial charge >= 0.3 is 5.97 Å². The maximum Gasteiger partial charge on any atom is 0.316 e. The molecule has 1 saturated heterocycles. The Morgan fingerprint density at radius 1 is 1.10 bits per heavy atom. The van der Waals surface area contributed by atoms with Crippen molar-refractivity contribution in [1.29, 1.82) is 0 Å². The molecule has 0 saturated carbocycles. The zero-order valence-electron chi connectivity index (χ0n) is 18.1. The number of likely N-dealkylation sites (tertiary alicyclic amines) is 1. The Labute approximate surface area is 181 Å². The number of methoxy groups -OCH3 is 1. The number of nitrogens with zero attached hydrogens (tertiary/aromatic N) is 1. The molecule has 2 heterocycles. The lowest BCUT2D eigenvalue weighted by Crippen LogP contribution is -2.49. The first-order chi connectivity index (χ1) is 15.0. The maximum absolute atomic E-state index is 13.4. The molecule has 1 amide bonds. The second kappa shape index (κ2) is 8.46. The molecule has 3 aromatic rings. The van der Waals surface area contributed by atoms with Crippen LogP contribution in [0.3, 0.4) is 0 Å². The number of hydrogen-bond donors (Lipinski definition) is 0. The molecule has 0 unspecified atom stereocenters. The number of carbonyl (C=O) groups excluding carboxylic acids is 2. The maximum atomic E-state index is 13.4. The third kappa shape index (κ3) is 3.67. The highest BCUT2D eigenvalue weighted by molar-refractivity contribution is 6.07. The Kier molecular flexibility index (Phi) is 5.72. The van der Waals surface area contributed by atoms with Gasteiger partial charge in [0.2, 0.25) is 0 Å². The quantitative estimate of drug-likeness (QED) is 0.568. The summed E-state index contributed by atoms with van der Waals surface area (Å²) in [6.45, 7) is 4.87. The lowest BCUT2D eigenvalue weighted by Gasteiger charge is -2.40. The third-order valence-electron chi connectivity index (χ3n) is 6.18. The molecular formula is C25H27NO5. The molecule has 162 valence electrons. The molecule has 1 aliphatic rings. The van der Waals surface area contributed by atoms with Gasteiger partial charge in [-0.05, 0) is 50.5 Å². The van der Waals surface area contributed by atoms with Crippen molar-refractivity contribution in [2.75, 3.05) is 26.8 Å². The summed E-state index contributed by atoms with van der Waals surface area (Å²) >= 11 is 0. The van der Waals surface area contributed by atoms with E-state index in [0.717, 1.165) is 10.9 Å². The third-order valence-corrected chi connectivity index (χ3v) is 6.18. The largest absolute Gasteiger partial charge is 0.497 e. The minimum atomic E-state index is -0.731. The van der Waals surface area contributed by atoms with Crippen LogP contribution < -0.4 is 4.74 Å². The number of benzene rings is 2. The first kappa shape index (κ1) is 21.0. The van der Waals surface area contributed by atoms with Crippen LogP contribution >= 0.6 is 0 Å². The van der Waals surface area contributed by atoms with Gasteiger partial charge in [0.15, 0.2) is 0 Å². The lowest BCUT2D eigenvalue weighted by atomic mass is 9.72. The van der Waals surface area contributed by atoms with E-state index in [1.165, 1.54) is 0 Å². The van der Waals surface area contributed by atoms with E-state index in [-0.39, 0.29) is 11.9 Å². The number of rotatable bonds is 5. The fourth-order valence-electron chi connectivity index (χ4n) is 4.48. The molecule has 0 aliphatic carbocycles. The first-order valence-corrected chi connectivity index (χ1v) is 10.6. The fraction of sp³-hybridized carbons (Fsp3) is 0.360. The summed E-state index contributed by atoms with van der Waals surface area (Å²) in [5.41, 5.74) is 1.42. The molecule has 0 radical (unpaired) electrons. The molecule has 4 rings (SSSR count). The summed E-state index contributed by atoms with van der Waals surface area (Å²) in [4.78, 5) is 28.2. The molecule has 2 aromatic carbocycles. The molecule has 0 atom stereocenters. The van der Waals surface area contributed by atoms with Gasteiger partial charge in [-0.25, -0.2) is 0 Å². The summed E-state index contributed by atoms with van der Waals surface area (Å²) < 4.78 is 16.6. The highest BCUT2D eigenvalue weighted by Gasteiger charge is 2.45. The van der Waals surface area contributed by atoms with E-state index in [2.05, 4.69) is 0 Å². The van der Waals surface area contributed by atoms with E-state index in [1.807, 2.05) is 55.5 Å². The smallest absolute Gasteiger partial charge is 0.316 e. The van der Waals surface area contributed by atoms with Gasteiger partial charge in [-0.3, -0.25) is 9.59 Å². The molecule has 1 fully saturated rings. The molecular weight excluding hydrogens is 394 g/mol. The number of ether oxygens (including phenoxy) is 2. The van der Waals surface area contributed by atoms with Crippen molar-refractivity contribution in [3.8, 4) is 5.75 Å². The van der Waals surface area contributed by atoms with E-state index < -0.39 is 5.41 Å². The van der Waals surface area contributed by atoms with E-state index >= 15 is 0 Å². The van der Waals surface area contributed by atoms with Crippen LogP contribution in [0.15, 0.2) is 52.9 Å². The number of esters is 1. The predicted molar refractivity (Wildman–Crippen MR) is 117 cm³/mol. The number of piperidine rings is 1. The number of carbonyl (C=O) groups is 2. The fourth-order valence-corrected chi connectivity index (χ4v) is 4.48. The average molecular weight is 421 g/mol. The van der Waals surface area contributed by atoms with Crippen LogP contribution in [0.25, 0.3) is 11.0 Å². The van der Waals surface area contributed by atoms with Crippen molar-refractivity contribution >= 4 is 22.8 Å². The first-order valence-electron chi connectivity index (χ1n) is 10.6. The van der Waals surface area contributed by atoms with E-state index in [9.17, 15) is 9.59 Å². The standard InChI is InChI=1S/C25H27NO5/c1-4-30-24(28)25(18-8-6-5-7-9-18)12-14-26(15-13-25)23(27)22-17(2)31-21-11-10-19(29-3)16-20(21)22/h5-11,16H,4,12-15H2,1-3H3. The number of fused-ring (bicyclic) bond motifs is 1. The number of hydrogen-bond acceptors (Lipinski definition) is 5. The molecule has 0 N–H and O–H groups in total. The Bertz CT molecular complexity index is 1090. The molecule has 31 heavy (non-hydrogen) atoms. The Morgan fingerprint density at radius 3 is 2.45 bits per heavy atom. The van der Waals surface area contributed by atoms with Crippen molar-refractivity contribution in [3.63, 3.8) is 0 Å². The Morgan fingerprint density at radius 2 is 1.81 bits per heavy atom. The van der Waals surface area contributed by atoms with Gasteiger partial charge in [0.25, 0.3) is 5.91 Å². The second-order valence-corrected chi connectivity index (χ2v) is 7.86. The van der Waals surface area contributed by atoms with Crippen LogP contribution in [0.1, 0.15) is 41.4 Å². The molecule has 0 spiro atoms. The lowest BCUT2D eigenvalue weighted by molar-refractivity contribution is -0.152. The molecule has 1 aromatic heterocycles. The van der Waals surface area contributed by atoms with Crippen molar-refractivity contribution in [2.45, 2.75) is 32.1 Å². The summed E-state index contributed by atoms with van der Waals surface area (Å²) in [6, 6.07) is 15.2. The molecule has 6 nitrogen and oxygen atoms in total. The normalized spacial score (nSPS) is 15.6. The summed E-state index contributed by atoms with van der Waals surface area (Å²) in [7, 11) is 1.60. The van der Waals surface area contributed by atoms with Crippen LogP contribution in [0.2, 0.25) is 0 Å². The zero-order valence-corrected chi connectivity index (χ0v) is 18.1. The number of furan rings is 1. The molecule has 6 heteroatoms. The predicted octanol–water partition coefficient (Wildman–Crippen LogP) is 4.49. The minimum absolute atomic E-state index is 0.0879. The van der Waals surface area contributed by atoms with Gasteiger partial charge in [-0.2, -0.15) is 0 Å². The Balaban J connectivity index is 1.62. The van der Waals surface area contributed by atoms with Gasteiger partial charge in [-0.1, -0.05) is 30.3 Å². The summed E-state index contributed by atoms with van der Waals surface area (Å²) in [5.74, 6) is 0.947. The van der Waals surface area contributed by atoms with Crippen LogP contribution in [0.5, 0.6) is 5.75 Å². The summed E-state index contributed by atoms with van der Waals surface area (Å²) in [6.07, 6.45) is 1.03. The van der Waals surface area contributed by atoms with Crippen LogP contribution in [0.4, 0.5) is 0 Å². The van der Waals surface area contributed by atoms with Gasteiger partial charge in [0.1, 0.15) is 17.1 Å². The van der Waals surface area contributed by atoms with E-state index in [4.69, 9.17) is 13.9 Å². The van der Waals surface area contributed by atoms with Gasteiger partial charge in [0, 0.05) is 18.5 Å². The minimum Gasteiger partial charge on any atom is -0.497 e. The Hall–Kier alpha value is -3.28. The monoisotopic (exact) mass is 421 g/mol. The van der Waals surface area contributed by atoms with Crippen LogP contribution in [0, 0.1) is 6.92 Å².